The van der Waals surface area contributed by atoms with Gasteiger partial charge in [-0.05, 0) is 29.8 Å². The van der Waals surface area contributed by atoms with Crippen LogP contribution in [0.25, 0.3) is 22.4 Å². The Bertz CT molecular complexity index is 1070. The number of aliphatic hydroxyl groups is 4. The molecule has 0 saturated carbocycles. The van der Waals surface area contributed by atoms with E-state index in [2.05, 4.69) is 10.2 Å². The summed E-state index contributed by atoms with van der Waals surface area (Å²) in [6.45, 7) is -0.645. The molecule has 31 heavy (non-hydrogen) atoms. The maximum absolute atomic E-state index is 11.0. The number of nitrogens with zero attached hydrogens (tertiary/aromatic N) is 1. The standard InChI is InChI=1S/C21H22N2O8/c24-8-14-18(28)19(29)20(30)21(31-14)15-13(26)6-5-11(17(15)27)16-12(7-22-23-16)9-1-3-10(25)4-2-9/h1-7,14,18-21,24-30H,8H2,(H,22,23). The third-order valence-electron chi connectivity index (χ3n) is 5.46. The number of nitrogens with one attached hydrogen (secondary N) is 1. The third-order valence-corrected chi connectivity index (χ3v) is 5.46. The maximum Gasteiger partial charge on any atom is 0.134 e. The quantitative estimate of drug-likeness (QED) is 0.290. The van der Waals surface area contributed by atoms with E-state index in [0.717, 1.165) is 0 Å². The summed E-state index contributed by atoms with van der Waals surface area (Å²) in [7, 11) is 0. The van der Waals surface area contributed by atoms with Crippen LogP contribution in [0, 0.1) is 0 Å². The highest BCUT2D eigenvalue weighted by Gasteiger charge is 2.46. The number of rotatable bonds is 4. The molecule has 10 heteroatoms. The van der Waals surface area contributed by atoms with Gasteiger partial charge >= 0.3 is 0 Å². The van der Waals surface area contributed by atoms with Crippen LogP contribution in [0.5, 0.6) is 17.2 Å². The minimum Gasteiger partial charge on any atom is -0.508 e. The molecule has 8 N–H and O–H groups in total. The van der Waals surface area contributed by atoms with Crippen LogP contribution in [0.1, 0.15) is 11.7 Å². The lowest BCUT2D eigenvalue weighted by atomic mass is 9.88. The zero-order valence-electron chi connectivity index (χ0n) is 16.1. The first-order valence-electron chi connectivity index (χ1n) is 9.52. The minimum atomic E-state index is -1.68. The normalized spacial score (nSPS) is 26.1. The van der Waals surface area contributed by atoms with Gasteiger partial charge in [-0.1, -0.05) is 12.1 Å². The van der Waals surface area contributed by atoms with Gasteiger partial charge in [-0.15, -0.1) is 0 Å². The van der Waals surface area contributed by atoms with E-state index in [1.807, 2.05) is 0 Å². The SMILES string of the molecule is OCC1OC(c2c(O)ccc(-c3[nH]ncc3-c3ccc(O)cc3)c2O)C(O)C(O)C1O. The van der Waals surface area contributed by atoms with Crippen molar-refractivity contribution >= 4 is 0 Å². The number of benzene rings is 2. The molecule has 0 spiro atoms. The summed E-state index contributed by atoms with van der Waals surface area (Å²) < 4.78 is 5.50. The van der Waals surface area contributed by atoms with Gasteiger partial charge in [-0.2, -0.15) is 5.10 Å². The zero-order valence-corrected chi connectivity index (χ0v) is 16.1. The first kappa shape index (κ1) is 21.1. The van der Waals surface area contributed by atoms with Crippen LogP contribution < -0.4 is 0 Å². The molecule has 2 aromatic carbocycles. The van der Waals surface area contributed by atoms with Gasteiger partial charge in [0.2, 0.25) is 0 Å². The molecule has 2 heterocycles. The molecule has 1 aliphatic rings. The number of aliphatic hydroxyl groups excluding tert-OH is 4. The molecule has 1 fully saturated rings. The van der Waals surface area contributed by atoms with Crippen LogP contribution in [-0.4, -0.2) is 77.0 Å². The summed E-state index contributed by atoms with van der Waals surface area (Å²) in [5.74, 6) is -0.754. The van der Waals surface area contributed by atoms with Crippen LogP contribution in [0.4, 0.5) is 0 Å². The fraction of sp³-hybridized carbons (Fsp3) is 0.286. The van der Waals surface area contributed by atoms with Crippen LogP contribution in [-0.2, 0) is 4.74 Å². The van der Waals surface area contributed by atoms with E-state index in [4.69, 9.17) is 4.74 Å². The van der Waals surface area contributed by atoms with Gasteiger partial charge < -0.3 is 40.5 Å². The van der Waals surface area contributed by atoms with Crippen LogP contribution >= 0.6 is 0 Å². The summed E-state index contributed by atoms with van der Waals surface area (Å²) in [4.78, 5) is 0. The van der Waals surface area contributed by atoms with Crippen molar-refractivity contribution in [1.82, 2.24) is 10.2 Å². The zero-order chi connectivity index (χ0) is 22.3. The Balaban J connectivity index is 1.80. The molecule has 1 aromatic heterocycles. The molecule has 4 rings (SSSR count). The second-order valence-corrected chi connectivity index (χ2v) is 7.35. The molecule has 10 nitrogen and oxygen atoms in total. The van der Waals surface area contributed by atoms with Gasteiger partial charge in [-0.3, -0.25) is 5.10 Å². The fourth-order valence-electron chi connectivity index (χ4n) is 3.77. The molecule has 1 aliphatic heterocycles. The van der Waals surface area contributed by atoms with E-state index in [1.54, 1.807) is 12.1 Å². The molecule has 0 radical (unpaired) electrons. The number of hydrogen-bond acceptors (Lipinski definition) is 9. The van der Waals surface area contributed by atoms with Crippen LogP contribution in [0.2, 0.25) is 0 Å². The Labute approximate surface area is 176 Å². The predicted octanol–water partition coefficient (Wildman–Crippen LogP) is 0.375. The van der Waals surface area contributed by atoms with Gasteiger partial charge in [0, 0.05) is 11.1 Å². The van der Waals surface area contributed by atoms with Gasteiger partial charge in [0.1, 0.15) is 47.8 Å². The minimum absolute atomic E-state index is 0.0891. The maximum atomic E-state index is 11.0. The van der Waals surface area contributed by atoms with Crippen molar-refractivity contribution in [3.8, 4) is 39.6 Å². The lowest BCUT2D eigenvalue weighted by Gasteiger charge is -2.40. The van der Waals surface area contributed by atoms with Crippen LogP contribution in [0.3, 0.4) is 0 Å². The lowest BCUT2D eigenvalue weighted by molar-refractivity contribution is -0.232. The molecule has 5 atom stereocenters. The number of hydrogen-bond donors (Lipinski definition) is 8. The van der Waals surface area contributed by atoms with Crippen molar-refractivity contribution in [3.05, 3.63) is 48.2 Å². The highest BCUT2D eigenvalue weighted by molar-refractivity contribution is 5.84. The first-order chi connectivity index (χ1) is 14.8. The Hall–Kier alpha value is -3.15. The Morgan fingerprint density at radius 2 is 1.58 bits per heavy atom. The van der Waals surface area contributed by atoms with Gasteiger partial charge in [0.15, 0.2) is 0 Å². The highest BCUT2D eigenvalue weighted by atomic mass is 16.5. The van der Waals surface area contributed by atoms with Crippen molar-refractivity contribution in [3.63, 3.8) is 0 Å². The summed E-state index contributed by atoms with van der Waals surface area (Å²) in [6, 6.07) is 9.06. The molecule has 0 aliphatic carbocycles. The van der Waals surface area contributed by atoms with Gasteiger partial charge in [0.05, 0.1) is 24.1 Å². The number of aromatic nitrogens is 2. The largest absolute Gasteiger partial charge is 0.508 e. The third kappa shape index (κ3) is 3.60. The number of phenolic OH excluding ortho intramolecular Hbond substituents is 3. The first-order valence-corrected chi connectivity index (χ1v) is 9.52. The molecule has 1 saturated heterocycles. The number of phenols is 3. The van der Waals surface area contributed by atoms with E-state index < -0.39 is 48.6 Å². The smallest absolute Gasteiger partial charge is 0.134 e. The monoisotopic (exact) mass is 430 g/mol. The van der Waals surface area contributed by atoms with Crippen molar-refractivity contribution in [2.24, 2.45) is 0 Å². The Morgan fingerprint density at radius 3 is 2.26 bits per heavy atom. The summed E-state index contributed by atoms with van der Waals surface area (Å²) in [6.07, 6.45) is -6.01. The number of H-pyrrole nitrogens is 1. The predicted molar refractivity (Wildman–Crippen MR) is 107 cm³/mol. The summed E-state index contributed by atoms with van der Waals surface area (Å²) >= 11 is 0. The van der Waals surface area contributed by atoms with Gasteiger partial charge in [0.25, 0.3) is 0 Å². The summed E-state index contributed by atoms with van der Waals surface area (Å²) in [5.41, 5.74) is 1.71. The van der Waals surface area contributed by atoms with Crippen molar-refractivity contribution in [2.45, 2.75) is 30.5 Å². The molecule has 164 valence electrons. The Morgan fingerprint density at radius 1 is 0.871 bits per heavy atom. The molecule has 0 bridgehead atoms. The average molecular weight is 430 g/mol. The van der Waals surface area contributed by atoms with Crippen molar-refractivity contribution < 1.29 is 40.5 Å². The second kappa shape index (κ2) is 8.17. The van der Waals surface area contributed by atoms with E-state index in [1.165, 1.54) is 30.5 Å². The average Bonchev–Trinajstić information content (AvgIpc) is 3.23. The van der Waals surface area contributed by atoms with E-state index in [-0.39, 0.29) is 16.9 Å². The van der Waals surface area contributed by atoms with E-state index in [0.29, 0.717) is 16.8 Å². The van der Waals surface area contributed by atoms with Gasteiger partial charge in [-0.25, -0.2) is 0 Å². The molecule has 3 aromatic rings. The molecule has 0 amide bonds. The molecule has 5 unspecified atom stereocenters. The Kier molecular flexibility index (Phi) is 5.56. The van der Waals surface area contributed by atoms with Crippen molar-refractivity contribution in [1.29, 1.82) is 0 Å². The molecular weight excluding hydrogens is 408 g/mol. The van der Waals surface area contributed by atoms with Crippen LogP contribution in [0.15, 0.2) is 42.6 Å². The lowest BCUT2D eigenvalue weighted by Crippen LogP contribution is -2.55. The van der Waals surface area contributed by atoms with Crippen molar-refractivity contribution in [2.75, 3.05) is 6.61 Å². The fourth-order valence-corrected chi connectivity index (χ4v) is 3.77. The second-order valence-electron chi connectivity index (χ2n) is 7.35. The number of ether oxygens (including phenoxy) is 1. The summed E-state index contributed by atoms with van der Waals surface area (Å²) in [5, 5.41) is 77.6. The highest BCUT2D eigenvalue weighted by Crippen LogP contribution is 2.46. The topological polar surface area (TPSA) is 180 Å². The van der Waals surface area contributed by atoms with E-state index in [9.17, 15) is 35.7 Å². The van der Waals surface area contributed by atoms with E-state index >= 15 is 0 Å². The number of aromatic hydroxyl groups is 3. The molecular formula is C21H22N2O8. The number of aromatic amines is 1.